The fraction of sp³-hybridized carbons (Fsp3) is 0.565. The summed E-state index contributed by atoms with van der Waals surface area (Å²) in [4.78, 5) is 21.7. The number of likely N-dealkylation sites (tertiary alicyclic amines) is 1. The van der Waals surface area contributed by atoms with Crippen LogP contribution >= 0.6 is 0 Å². The lowest BCUT2D eigenvalue weighted by molar-refractivity contribution is -0.135. The molecule has 2 aliphatic rings. The monoisotopic (exact) mass is 397 g/mol. The molecule has 0 saturated carbocycles. The number of fused-ring (bicyclic) bond motifs is 1. The first-order valence-electron chi connectivity index (χ1n) is 10.7. The average molecular weight is 398 g/mol. The number of pyridine rings is 1. The molecule has 0 radical (unpaired) electrons. The number of carbonyl (C=O) groups excluding carboxylic acids is 1. The van der Waals surface area contributed by atoms with Crippen LogP contribution in [0.25, 0.3) is 10.9 Å². The Morgan fingerprint density at radius 2 is 2.07 bits per heavy atom. The van der Waals surface area contributed by atoms with Crippen LogP contribution in [-0.2, 0) is 16.1 Å². The van der Waals surface area contributed by atoms with Gasteiger partial charge in [-0.1, -0.05) is 18.2 Å². The molecule has 2 aliphatic heterocycles. The molecule has 1 unspecified atom stereocenters. The minimum Gasteiger partial charge on any atom is -0.494 e. The van der Waals surface area contributed by atoms with Crippen LogP contribution in [0.3, 0.4) is 0 Å². The van der Waals surface area contributed by atoms with Crippen molar-refractivity contribution in [2.24, 2.45) is 5.92 Å². The van der Waals surface area contributed by atoms with Crippen molar-refractivity contribution >= 4 is 16.8 Å². The van der Waals surface area contributed by atoms with E-state index >= 15 is 0 Å². The zero-order valence-electron chi connectivity index (χ0n) is 17.3. The Morgan fingerprint density at radius 3 is 2.90 bits per heavy atom. The highest BCUT2D eigenvalue weighted by Crippen LogP contribution is 2.26. The number of aromatic nitrogens is 1. The first-order valence-corrected chi connectivity index (χ1v) is 10.7. The third kappa shape index (κ3) is 5.06. The van der Waals surface area contributed by atoms with Crippen LogP contribution in [-0.4, -0.2) is 67.2 Å². The molecule has 6 nitrogen and oxygen atoms in total. The third-order valence-corrected chi connectivity index (χ3v) is 6.08. The lowest BCUT2D eigenvalue weighted by atomic mass is 9.93. The number of para-hydroxylation sites is 1. The molecule has 2 aromatic rings. The van der Waals surface area contributed by atoms with E-state index in [4.69, 9.17) is 14.5 Å². The number of piperidine rings is 1. The average Bonchev–Trinajstić information content (AvgIpc) is 2.78. The predicted octanol–water partition coefficient (Wildman–Crippen LogP) is 3.09. The van der Waals surface area contributed by atoms with Gasteiger partial charge < -0.3 is 14.4 Å². The smallest absolute Gasteiger partial charge is 0.222 e. The SMILES string of the molecule is COc1cccc2ccc(CN3CCCC(CCC(=O)N4CCOCC4)C3)nc12. The number of ether oxygens (including phenoxy) is 2. The molecule has 2 saturated heterocycles. The zero-order chi connectivity index (χ0) is 20.1. The summed E-state index contributed by atoms with van der Waals surface area (Å²) in [5.41, 5.74) is 2.00. The summed E-state index contributed by atoms with van der Waals surface area (Å²) in [6.45, 7) is 5.82. The number of hydrogen-bond acceptors (Lipinski definition) is 5. The standard InChI is InChI=1S/C23H31N3O3/c1-28-21-6-2-5-19-8-9-20(24-23(19)21)17-25-11-3-4-18(16-25)7-10-22(27)26-12-14-29-15-13-26/h2,5-6,8-9,18H,3-4,7,10-17H2,1H3. The molecule has 0 aliphatic carbocycles. The Hall–Kier alpha value is -2.18. The van der Waals surface area contributed by atoms with E-state index in [0.717, 1.165) is 61.5 Å². The summed E-state index contributed by atoms with van der Waals surface area (Å²) in [5.74, 6) is 1.69. The minimum atomic E-state index is 0.286. The normalized spacial score (nSPS) is 20.7. The zero-order valence-corrected chi connectivity index (χ0v) is 17.3. The highest BCUT2D eigenvalue weighted by atomic mass is 16.5. The van der Waals surface area contributed by atoms with Crippen LogP contribution in [0, 0.1) is 5.92 Å². The molecule has 4 rings (SSSR count). The fourth-order valence-electron chi connectivity index (χ4n) is 4.47. The Labute approximate surface area is 172 Å². The molecular formula is C23H31N3O3. The van der Waals surface area contributed by atoms with E-state index < -0.39 is 0 Å². The van der Waals surface area contributed by atoms with E-state index in [0.29, 0.717) is 25.6 Å². The number of rotatable bonds is 6. The molecule has 1 amide bonds. The Bertz CT molecular complexity index is 835. The molecule has 0 N–H and O–H groups in total. The topological polar surface area (TPSA) is 54.9 Å². The van der Waals surface area contributed by atoms with Crippen molar-refractivity contribution in [1.82, 2.24) is 14.8 Å². The molecule has 1 aromatic carbocycles. The van der Waals surface area contributed by atoms with Gasteiger partial charge in [-0.3, -0.25) is 9.69 Å². The first kappa shape index (κ1) is 20.1. The summed E-state index contributed by atoms with van der Waals surface area (Å²) in [6.07, 6.45) is 4.04. The van der Waals surface area contributed by atoms with Crippen molar-refractivity contribution in [1.29, 1.82) is 0 Å². The van der Waals surface area contributed by atoms with Gasteiger partial charge in [0.15, 0.2) is 0 Å². The summed E-state index contributed by atoms with van der Waals surface area (Å²) in [6, 6.07) is 10.3. The van der Waals surface area contributed by atoms with Gasteiger partial charge in [0.1, 0.15) is 11.3 Å². The number of amides is 1. The molecule has 0 spiro atoms. The van der Waals surface area contributed by atoms with E-state index in [1.807, 2.05) is 17.0 Å². The van der Waals surface area contributed by atoms with Gasteiger partial charge in [-0.2, -0.15) is 0 Å². The lowest BCUT2D eigenvalue weighted by Gasteiger charge is -2.33. The van der Waals surface area contributed by atoms with Gasteiger partial charge >= 0.3 is 0 Å². The molecular weight excluding hydrogens is 366 g/mol. The van der Waals surface area contributed by atoms with Gasteiger partial charge in [0.05, 0.1) is 26.0 Å². The maximum Gasteiger partial charge on any atom is 0.222 e. The molecule has 3 heterocycles. The van der Waals surface area contributed by atoms with Crippen molar-refractivity contribution in [2.75, 3.05) is 46.5 Å². The van der Waals surface area contributed by atoms with Crippen LogP contribution < -0.4 is 4.74 Å². The number of carbonyl (C=O) groups is 1. The second kappa shape index (κ2) is 9.55. The summed E-state index contributed by atoms with van der Waals surface area (Å²) >= 11 is 0. The lowest BCUT2D eigenvalue weighted by Crippen LogP contribution is -2.41. The van der Waals surface area contributed by atoms with E-state index in [1.165, 1.54) is 12.8 Å². The molecule has 6 heteroatoms. The van der Waals surface area contributed by atoms with Gasteiger partial charge in [-0.05, 0) is 43.9 Å². The summed E-state index contributed by atoms with van der Waals surface area (Å²) < 4.78 is 10.8. The van der Waals surface area contributed by atoms with Gasteiger partial charge in [0.25, 0.3) is 0 Å². The summed E-state index contributed by atoms with van der Waals surface area (Å²) in [5, 5.41) is 1.10. The molecule has 0 bridgehead atoms. The Morgan fingerprint density at radius 1 is 1.21 bits per heavy atom. The second-order valence-corrected chi connectivity index (χ2v) is 8.11. The van der Waals surface area contributed by atoms with E-state index in [9.17, 15) is 4.79 Å². The largest absolute Gasteiger partial charge is 0.494 e. The van der Waals surface area contributed by atoms with Gasteiger partial charge in [-0.15, -0.1) is 0 Å². The molecule has 1 atom stereocenters. The van der Waals surface area contributed by atoms with Crippen LogP contribution in [0.15, 0.2) is 30.3 Å². The third-order valence-electron chi connectivity index (χ3n) is 6.08. The van der Waals surface area contributed by atoms with E-state index in [1.54, 1.807) is 7.11 Å². The predicted molar refractivity (Wildman–Crippen MR) is 113 cm³/mol. The Balaban J connectivity index is 1.32. The number of hydrogen-bond donors (Lipinski definition) is 0. The highest BCUT2D eigenvalue weighted by molar-refractivity contribution is 5.84. The molecule has 1 aromatic heterocycles. The number of methoxy groups -OCH3 is 1. The van der Waals surface area contributed by atoms with Crippen molar-refractivity contribution in [3.05, 3.63) is 36.0 Å². The maximum absolute atomic E-state index is 12.4. The quantitative estimate of drug-likeness (QED) is 0.750. The van der Waals surface area contributed by atoms with Crippen LogP contribution in [0.5, 0.6) is 5.75 Å². The van der Waals surface area contributed by atoms with Gasteiger partial charge in [0, 0.05) is 38.0 Å². The highest BCUT2D eigenvalue weighted by Gasteiger charge is 2.23. The van der Waals surface area contributed by atoms with Gasteiger partial charge in [0.2, 0.25) is 5.91 Å². The van der Waals surface area contributed by atoms with Crippen molar-refractivity contribution in [2.45, 2.75) is 32.2 Å². The minimum absolute atomic E-state index is 0.286. The van der Waals surface area contributed by atoms with Crippen LogP contribution in [0.1, 0.15) is 31.4 Å². The maximum atomic E-state index is 12.4. The van der Waals surface area contributed by atoms with Crippen LogP contribution in [0.4, 0.5) is 0 Å². The number of benzene rings is 1. The number of nitrogens with zero attached hydrogens (tertiary/aromatic N) is 3. The van der Waals surface area contributed by atoms with E-state index in [2.05, 4.69) is 23.1 Å². The molecule has 2 fully saturated rings. The number of morpholine rings is 1. The first-order chi connectivity index (χ1) is 14.2. The Kier molecular flexibility index (Phi) is 6.62. The van der Waals surface area contributed by atoms with Crippen molar-refractivity contribution < 1.29 is 14.3 Å². The van der Waals surface area contributed by atoms with Crippen molar-refractivity contribution in [3.8, 4) is 5.75 Å². The van der Waals surface area contributed by atoms with Crippen molar-refractivity contribution in [3.63, 3.8) is 0 Å². The summed E-state index contributed by atoms with van der Waals surface area (Å²) in [7, 11) is 1.69. The van der Waals surface area contributed by atoms with E-state index in [-0.39, 0.29) is 5.91 Å². The second-order valence-electron chi connectivity index (χ2n) is 8.11. The van der Waals surface area contributed by atoms with Gasteiger partial charge in [-0.25, -0.2) is 4.98 Å². The molecule has 29 heavy (non-hydrogen) atoms. The fourth-order valence-corrected chi connectivity index (χ4v) is 4.47. The molecule has 156 valence electrons. The van der Waals surface area contributed by atoms with Crippen LogP contribution in [0.2, 0.25) is 0 Å².